The largest absolute Gasteiger partial charge is 0.341 e. The number of hydrogen-bond donors (Lipinski definition) is 0. The SMILES string of the molecule is CC(C)C(=O)N1C[C@H]2C[C@@]2(c2ccc(Br)cc2)C1. The van der Waals surface area contributed by atoms with E-state index in [1.54, 1.807) is 0 Å². The van der Waals surface area contributed by atoms with Crippen molar-refractivity contribution >= 4 is 21.8 Å². The number of carbonyl (C=O) groups excluding carboxylic acids is 1. The Bertz CT molecular complexity index is 482. The zero-order chi connectivity index (χ0) is 12.9. The van der Waals surface area contributed by atoms with Gasteiger partial charge in [0.05, 0.1) is 0 Å². The van der Waals surface area contributed by atoms with Gasteiger partial charge in [-0.25, -0.2) is 0 Å². The molecule has 0 spiro atoms. The molecule has 1 aliphatic heterocycles. The summed E-state index contributed by atoms with van der Waals surface area (Å²) in [5.74, 6) is 1.10. The van der Waals surface area contributed by atoms with Crippen molar-refractivity contribution < 1.29 is 4.79 Å². The third-order valence-corrected chi connectivity index (χ3v) is 4.90. The minimum absolute atomic E-state index is 0.115. The number of nitrogens with zero attached hydrogens (tertiary/aromatic N) is 1. The number of halogens is 1. The molecule has 3 heteroatoms. The quantitative estimate of drug-likeness (QED) is 0.821. The molecule has 1 aromatic carbocycles. The van der Waals surface area contributed by atoms with Crippen molar-refractivity contribution in [2.24, 2.45) is 11.8 Å². The summed E-state index contributed by atoms with van der Waals surface area (Å²) in [6, 6.07) is 8.61. The van der Waals surface area contributed by atoms with E-state index in [0.717, 1.165) is 17.6 Å². The highest BCUT2D eigenvalue weighted by Crippen LogP contribution is 2.59. The van der Waals surface area contributed by atoms with Crippen LogP contribution in [0, 0.1) is 11.8 Å². The summed E-state index contributed by atoms with van der Waals surface area (Å²) in [5, 5.41) is 0. The standard InChI is InChI=1S/C15H18BrNO/c1-10(2)14(18)17-8-12-7-15(12,9-17)11-3-5-13(16)6-4-11/h3-6,10,12H,7-9H2,1-2H3/t12-,15+/m1/s1. The molecule has 2 aliphatic rings. The molecule has 1 aromatic rings. The van der Waals surface area contributed by atoms with Crippen LogP contribution in [0.1, 0.15) is 25.8 Å². The van der Waals surface area contributed by atoms with Gasteiger partial charge in [-0.15, -0.1) is 0 Å². The average molecular weight is 308 g/mol. The monoisotopic (exact) mass is 307 g/mol. The maximum absolute atomic E-state index is 12.1. The molecule has 1 saturated carbocycles. The lowest BCUT2D eigenvalue weighted by atomic mass is 9.95. The molecule has 0 aromatic heterocycles. The van der Waals surface area contributed by atoms with E-state index in [9.17, 15) is 4.79 Å². The Morgan fingerprint density at radius 2 is 2.06 bits per heavy atom. The topological polar surface area (TPSA) is 20.3 Å². The van der Waals surface area contributed by atoms with Crippen molar-refractivity contribution in [3.05, 3.63) is 34.3 Å². The highest BCUT2D eigenvalue weighted by atomic mass is 79.9. The number of rotatable bonds is 2. The summed E-state index contributed by atoms with van der Waals surface area (Å²) in [4.78, 5) is 14.1. The third kappa shape index (κ3) is 1.80. The summed E-state index contributed by atoms with van der Waals surface area (Å²) in [5.41, 5.74) is 1.67. The van der Waals surface area contributed by atoms with E-state index in [0.29, 0.717) is 11.8 Å². The van der Waals surface area contributed by atoms with Crippen molar-refractivity contribution in [3.63, 3.8) is 0 Å². The van der Waals surface area contributed by atoms with E-state index >= 15 is 0 Å². The number of hydrogen-bond acceptors (Lipinski definition) is 1. The van der Waals surface area contributed by atoms with Gasteiger partial charge in [0.15, 0.2) is 0 Å². The predicted octanol–water partition coefficient (Wildman–Crippen LogP) is 3.21. The Hall–Kier alpha value is -0.830. The van der Waals surface area contributed by atoms with E-state index in [4.69, 9.17) is 0 Å². The summed E-state index contributed by atoms with van der Waals surface area (Å²) < 4.78 is 1.12. The van der Waals surface area contributed by atoms with Crippen LogP contribution in [0.3, 0.4) is 0 Å². The second kappa shape index (κ2) is 4.09. The number of benzene rings is 1. The molecule has 0 bridgehead atoms. The molecule has 0 N–H and O–H groups in total. The van der Waals surface area contributed by atoms with Crippen LogP contribution < -0.4 is 0 Å². The molecule has 0 unspecified atom stereocenters. The molecule has 18 heavy (non-hydrogen) atoms. The normalized spacial score (nSPS) is 29.6. The van der Waals surface area contributed by atoms with Crippen molar-refractivity contribution in [2.75, 3.05) is 13.1 Å². The molecule has 1 heterocycles. The minimum Gasteiger partial charge on any atom is -0.341 e. The third-order valence-electron chi connectivity index (χ3n) is 4.37. The highest BCUT2D eigenvalue weighted by molar-refractivity contribution is 9.10. The van der Waals surface area contributed by atoms with Gasteiger partial charge in [0.25, 0.3) is 0 Å². The van der Waals surface area contributed by atoms with Crippen LogP contribution in [0.15, 0.2) is 28.7 Å². The van der Waals surface area contributed by atoms with Crippen LogP contribution in [0.25, 0.3) is 0 Å². The van der Waals surface area contributed by atoms with E-state index in [-0.39, 0.29) is 11.3 Å². The lowest BCUT2D eigenvalue weighted by molar-refractivity contribution is -0.133. The van der Waals surface area contributed by atoms with E-state index in [2.05, 4.69) is 45.1 Å². The smallest absolute Gasteiger partial charge is 0.225 e. The summed E-state index contributed by atoms with van der Waals surface area (Å²) in [6.07, 6.45) is 1.25. The zero-order valence-electron chi connectivity index (χ0n) is 10.8. The Morgan fingerprint density at radius 3 is 2.67 bits per heavy atom. The van der Waals surface area contributed by atoms with Gasteiger partial charge >= 0.3 is 0 Å². The molecule has 96 valence electrons. The molecule has 0 radical (unpaired) electrons. The number of carbonyl (C=O) groups is 1. The van der Waals surface area contributed by atoms with Crippen LogP contribution in [0.5, 0.6) is 0 Å². The Kier molecular flexibility index (Phi) is 2.77. The number of likely N-dealkylation sites (tertiary alicyclic amines) is 1. The molecule has 2 atom stereocenters. The van der Waals surface area contributed by atoms with Gasteiger partial charge < -0.3 is 4.90 Å². The van der Waals surface area contributed by atoms with E-state index < -0.39 is 0 Å². The fourth-order valence-electron chi connectivity index (χ4n) is 3.24. The molecule has 2 fully saturated rings. The maximum Gasteiger partial charge on any atom is 0.225 e. The van der Waals surface area contributed by atoms with Crippen LogP contribution in [0.4, 0.5) is 0 Å². The number of amides is 1. The molecular weight excluding hydrogens is 290 g/mol. The average Bonchev–Trinajstić information content (AvgIpc) is 2.92. The summed E-state index contributed by atoms with van der Waals surface area (Å²) >= 11 is 3.47. The van der Waals surface area contributed by atoms with Gasteiger partial charge in [-0.2, -0.15) is 0 Å². The first-order chi connectivity index (χ1) is 8.53. The van der Waals surface area contributed by atoms with Crippen LogP contribution in [0.2, 0.25) is 0 Å². The summed E-state index contributed by atoms with van der Waals surface area (Å²) in [7, 11) is 0. The van der Waals surface area contributed by atoms with Crippen LogP contribution >= 0.6 is 15.9 Å². The minimum atomic E-state index is 0.115. The van der Waals surface area contributed by atoms with Gasteiger partial charge in [-0.05, 0) is 30.0 Å². The van der Waals surface area contributed by atoms with Gasteiger partial charge in [-0.3, -0.25) is 4.79 Å². The first kappa shape index (κ1) is 12.2. The molecule has 1 amide bonds. The lowest BCUT2D eigenvalue weighted by Crippen LogP contribution is -2.35. The van der Waals surface area contributed by atoms with E-state index in [1.807, 2.05) is 13.8 Å². The Labute approximate surface area is 116 Å². The van der Waals surface area contributed by atoms with Crippen LogP contribution in [-0.4, -0.2) is 23.9 Å². The fourth-order valence-corrected chi connectivity index (χ4v) is 3.51. The first-order valence-corrected chi connectivity index (χ1v) is 7.37. The lowest BCUT2D eigenvalue weighted by Gasteiger charge is -2.23. The van der Waals surface area contributed by atoms with Gasteiger partial charge in [0, 0.05) is 28.9 Å². The van der Waals surface area contributed by atoms with Crippen molar-refractivity contribution in [3.8, 4) is 0 Å². The zero-order valence-corrected chi connectivity index (χ0v) is 12.4. The van der Waals surface area contributed by atoms with Crippen LogP contribution in [-0.2, 0) is 10.2 Å². The number of piperidine rings is 1. The summed E-state index contributed by atoms with van der Waals surface area (Å²) in [6.45, 7) is 5.83. The molecule has 1 aliphatic carbocycles. The second-order valence-corrected chi connectivity index (χ2v) is 6.85. The fraction of sp³-hybridized carbons (Fsp3) is 0.533. The Balaban J connectivity index is 1.80. The molecular formula is C15H18BrNO. The van der Waals surface area contributed by atoms with Crippen molar-refractivity contribution in [1.29, 1.82) is 0 Å². The molecule has 2 nitrogen and oxygen atoms in total. The maximum atomic E-state index is 12.1. The van der Waals surface area contributed by atoms with Crippen molar-refractivity contribution in [2.45, 2.75) is 25.7 Å². The second-order valence-electron chi connectivity index (χ2n) is 5.94. The molecule has 1 saturated heterocycles. The Morgan fingerprint density at radius 1 is 1.39 bits per heavy atom. The van der Waals surface area contributed by atoms with Crippen molar-refractivity contribution in [1.82, 2.24) is 4.90 Å². The van der Waals surface area contributed by atoms with Gasteiger partial charge in [0.1, 0.15) is 0 Å². The van der Waals surface area contributed by atoms with Gasteiger partial charge in [0.2, 0.25) is 5.91 Å². The van der Waals surface area contributed by atoms with Gasteiger partial charge in [-0.1, -0.05) is 41.9 Å². The predicted molar refractivity (Wildman–Crippen MR) is 75.3 cm³/mol. The van der Waals surface area contributed by atoms with E-state index in [1.165, 1.54) is 12.0 Å². The molecule has 3 rings (SSSR count). The first-order valence-electron chi connectivity index (χ1n) is 6.58. The number of fused-ring (bicyclic) bond motifs is 1. The highest BCUT2D eigenvalue weighted by Gasteiger charge is 2.61.